The van der Waals surface area contributed by atoms with E-state index >= 15 is 0 Å². The zero-order chi connectivity index (χ0) is 13.2. The molecule has 0 bridgehead atoms. The molecule has 0 aliphatic heterocycles. The molecule has 3 heteroatoms. The Labute approximate surface area is 114 Å². The summed E-state index contributed by atoms with van der Waals surface area (Å²) < 4.78 is 3.00. The van der Waals surface area contributed by atoms with Gasteiger partial charge in [-0.1, -0.05) is 51.1 Å². The van der Waals surface area contributed by atoms with Gasteiger partial charge in [0, 0.05) is 12.7 Å². The van der Waals surface area contributed by atoms with Crippen LogP contribution in [0.4, 0.5) is 0 Å². The largest absolute Gasteiger partial charge is 0.337 e. The Bertz CT molecular complexity index is 564. The first-order valence-corrected chi connectivity index (χ1v) is 6.78. The second kappa shape index (κ2) is 5.11. The van der Waals surface area contributed by atoms with E-state index in [1.807, 2.05) is 12.3 Å². The molecule has 2 nitrogen and oxygen atoms in total. The Balaban J connectivity index is 2.43. The van der Waals surface area contributed by atoms with Crippen LogP contribution in [-0.4, -0.2) is 9.55 Å². The highest BCUT2D eigenvalue weighted by Gasteiger charge is 2.18. The lowest BCUT2D eigenvalue weighted by Gasteiger charge is -2.24. The first-order valence-electron chi connectivity index (χ1n) is 6.37. The molecule has 0 radical (unpaired) electrons. The SMILES string of the molecule is CCC(C)(C)Cn1c(-c2ccccc2)c[nH]c1=S. The van der Waals surface area contributed by atoms with Crippen molar-refractivity contribution in [2.75, 3.05) is 0 Å². The third-order valence-corrected chi connectivity index (χ3v) is 3.82. The molecule has 0 saturated heterocycles. The van der Waals surface area contributed by atoms with Gasteiger partial charge in [-0.25, -0.2) is 0 Å². The smallest absolute Gasteiger partial charge is 0.177 e. The van der Waals surface area contributed by atoms with Crippen molar-refractivity contribution in [1.29, 1.82) is 0 Å². The highest BCUT2D eigenvalue weighted by Crippen LogP contribution is 2.27. The highest BCUT2D eigenvalue weighted by molar-refractivity contribution is 7.71. The van der Waals surface area contributed by atoms with Gasteiger partial charge < -0.3 is 9.55 Å². The first-order chi connectivity index (χ1) is 8.53. The van der Waals surface area contributed by atoms with Gasteiger partial charge in [0.15, 0.2) is 4.77 Å². The van der Waals surface area contributed by atoms with E-state index in [0.717, 1.165) is 17.7 Å². The normalized spacial score (nSPS) is 11.7. The van der Waals surface area contributed by atoms with Crippen molar-refractivity contribution < 1.29 is 0 Å². The Morgan fingerprint density at radius 1 is 1.22 bits per heavy atom. The monoisotopic (exact) mass is 260 g/mol. The van der Waals surface area contributed by atoms with Crippen LogP contribution in [0.5, 0.6) is 0 Å². The van der Waals surface area contributed by atoms with E-state index in [0.29, 0.717) is 0 Å². The fraction of sp³-hybridized carbons (Fsp3) is 0.400. The lowest BCUT2D eigenvalue weighted by molar-refractivity contribution is 0.294. The maximum atomic E-state index is 5.40. The van der Waals surface area contributed by atoms with Gasteiger partial charge in [-0.2, -0.15) is 0 Å². The summed E-state index contributed by atoms with van der Waals surface area (Å²) >= 11 is 5.40. The maximum absolute atomic E-state index is 5.40. The van der Waals surface area contributed by atoms with Gasteiger partial charge in [-0.05, 0) is 29.6 Å². The molecule has 0 unspecified atom stereocenters. The van der Waals surface area contributed by atoms with Gasteiger partial charge in [0.2, 0.25) is 0 Å². The fourth-order valence-electron chi connectivity index (χ4n) is 1.94. The Kier molecular flexibility index (Phi) is 3.71. The molecule has 2 rings (SSSR count). The molecule has 1 heterocycles. The van der Waals surface area contributed by atoms with Crippen molar-refractivity contribution in [2.45, 2.75) is 33.7 Å². The summed E-state index contributed by atoms with van der Waals surface area (Å²) in [4.78, 5) is 3.16. The number of imidazole rings is 1. The predicted molar refractivity (Wildman–Crippen MR) is 79.1 cm³/mol. The van der Waals surface area contributed by atoms with Crippen LogP contribution in [0, 0.1) is 10.2 Å². The average Bonchev–Trinajstić information content (AvgIpc) is 2.72. The number of hydrogen-bond donors (Lipinski definition) is 1. The molecular weight excluding hydrogens is 240 g/mol. The molecule has 18 heavy (non-hydrogen) atoms. The summed E-state index contributed by atoms with van der Waals surface area (Å²) in [5.41, 5.74) is 2.63. The number of nitrogens with zero attached hydrogens (tertiary/aromatic N) is 1. The van der Waals surface area contributed by atoms with Crippen molar-refractivity contribution >= 4 is 12.2 Å². The van der Waals surface area contributed by atoms with Crippen LogP contribution in [0.25, 0.3) is 11.3 Å². The predicted octanol–water partition coefficient (Wildman–Crippen LogP) is 4.65. The lowest BCUT2D eigenvalue weighted by atomic mass is 9.90. The third kappa shape index (κ3) is 2.72. The molecule has 1 N–H and O–H groups in total. The second-order valence-corrected chi connectivity index (χ2v) is 5.84. The average molecular weight is 260 g/mol. The lowest BCUT2D eigenvalue weighted by Crippen LogP contribution is -2.19. The minimum absolute atomic E-state index is 0.254. The van der Waals surface area contributed by atoms with Gasteiger partial charge in [-0.3, -0.25) is 0 Å². The van der Waals surface area contributed by atoms with Crippen molar-refractivity contribution in [3.63, 3.8) is 0 Å². The summed E-state index contributed by atoms with van der Waals surface area (Å²) in [7, 11) is 0. The number of aromatic amines is 1. The van der Waals surface area contributed by atoms with Crippen molar-refractivity contribution in [3.8, 4) is 11.3 Å². The van der Waals surface area contributed by atoms with Crippen LogP contribution in [0.15, 0.2) is 36.5 Å². The van der Waals surface area contributed by atoms with Crippen LogP contribution in [-0.2, 0) is 6.54 Å². The van der Waals surface area contributed by atoms with Gasteiger partial charge >= 0.3 is 0 Å². The first kappa shape index (κ1) is 13.1. The van der Waals surface area contributed by atoms with Crippen LogP contribution >= 0.6 is 12.2 Å². The molecular formula is C15H20N2S. The summed E-state index contributed by atoms with van der Waals surface area (Å²) in [6, 6.07) is 10.4. The number of aromatic nitrogens is 2. The van der Waals surface area contributed by atoms with Gasteiger partial charge in [-0.15, -0.1) is 0 Å². The van der Waals surface area contributed by atoms with Crippen LogP contribution in [0.1, 0.15) is 27.2 Å². The number of rotatable bonds is 4. The van der Waals surface area contributed by atoms with E-state index in [1.54, 1.807) is 0 Å². The van der Waals surface area contributed by atoms with Gasteiger partial charge in [0.25, 0.3) is 0 Å². The summed E-state index contributed by atoms with van der Waals surface area (Å²) in [6.07, 6.45) is 3.14. The van der Waals surface area contributed by atoms with E-state index < -0.39 is 0 Å². The maximum Gasteiger partial charge on any atom is 0.177 e. The summed E-state index contributed by atoms with van der Waals surface area (Å²) in [5.74, 6) is 0. The van der Waals surface area contributed by atoms with Gasteiger partial charge in [0.1, 0.15) is 0 Å². The number of H-pyrrole nitrogens is 1. The minimum atomic E-state index is 0.254. The number of hydrogen-bond acceptors (Lipinski definition) is 1. The fourth-order valence-corrected chi connectivity index (χ4v) is 2.16. The molecule has 1 aromatic heterocycles. The van der Waals surface area contributed by atoms with Gasteiger partial charge in [0.05, 0.1) is 5.69 Å². The molecule has 2 aromatic rings. The summed E-state index contributed by atoms with van der Waals surface area (Å²) in [6.45, 7) is 7.71. The van der Waals surface area contributed by atoms with E-state index in [1.165, 1.54) is 11.3 Å². The van der Waals surface area contributed by atoms with Crippen molar-refractivity contribution in [3.05, 3.63) is 41.3 Å². The molecule has 0 spiro atoms. The quantitative estimate of drug-likeness (QED) is 0.794. The van der Waals surface area contributed by atoms with E-state index in [2.05, 4.69) is 54.6 Å². The molecule has 0 aliphatic rings. The van der Waals surface area contributed by atoms with Crippen LogP contribution in [0.3, 0.4) is 0 Å². The molecule has 0 amide bonds. The molecule has 0 aliphatic carbocycles. The molecule has 96 valence electrons. The third-order valence-electron chi connectivity index (χ3n) is 3.48. The highest BCUT2D eigenvalue weighted by atomic mass is 32.1. The van der Waals surface area contributed by atoms with Crippen molar-refractivity contribution in [1.82, 2.24) is 9.55 Å². The summed E-state index contributed by atoms with van der Waals surface area (Å²) in [5, 5.41) is 0. The molecule has 1 aromatic carbocycles. The van der Waals surface area contributed by atoms with Crippen LogP contribution < -0.4 is 0 Å². The molecule has 0 fully saturated rings. The molecule has 0 atom stereocenters. The minimum Gasteiger partial charge on any atom is -0.337 e. The van der Waals surface area contributed by atoms with E-state index in [9.17, 15) is 0 Å². The second-order valence-electron chi connectivity index (χ2n) is 5.45. The Morgan fingerprint density at radius 3 is 2.50 bits per heavy atom. The number of nitrogens with one attached hydrogen (secondary N) is 1. The Morgan fingerprint density at radius 2 is 1.89 bits per heavy atom. The van der Waals surface area contributed by atoms with Crippen molar-refractivity contribution in [2.24, 2.45) is 5.41 Å². The van der Waals surface area contributed by atoms with E-state index in [-0.39, 0.29) is 5.41 Å². The topological polar surface area (TPSA) is 20.7 Å². The Hall–Kier alpha value is -1.35. The zero-order valence-corrected chi connectivity index (χ0v) is 12.1. The molecule has 0 saturated carbocycles. The van der Waals surface area contributed by atoms with Crippen LogP contribution in [0.2, 0.25) is 0 Å². The standard InChI is InChI=1S/C15H20N2S/c1-4-15(2,3)11-17-13(10-16-14(17)18)12-8-6-5-7-9-12/h5-10H,4,11H2,1-3H3,(H,16,18). The number of benzene rings is 1. The van der Waals surface area contributed by atoms with E-state index in [4.69, 9.17) is 12.2 Å². The zero-order valence-electron chi connectivity index (χ0n) is 11.2.